The summed E-state index contributed by atoms with van der Waals surface area (Å²) in [7, 11) is 0. The van der Waals surface area contributed by atoms with Crippen LogP contribution in [0.3, 0.4) is 0 Å². The fourth-order valence-corrected chi connectivity index (χ4v) is 2.50. The molecule has 1 saturated heterocycles. The zero-order valence-electron chi connectivity index (χ0n) is 10.5. The van der Waals surface area contributed by atoms with Crippen LogP contribution in [0.25, 0.3) is 0 Å². The Balaban J connectivity index is 1.84. The number of hydrogen-bond acceptors (Lipinski definition) is 3. The number of hydrogen-bond donors (Lipinski definition) is 2. The number of phenolic OH excluding ortho intramolecular Hbond substituents is 1. The molecule has 1 aromatic carbocycles. The normalized spacial score (nSPS) is 20.4. The van der Waals surface area contributed by atoms with E-state index in [0.717, 1.165) is 19.6 Å². The lowest BCUT2D eigenvalue weighted by atomic mass is 9.91. The van der Waals surface area contributed by atoms with Crippen LogP contribution in [0.15, 0.2) is 24.3 Å². The van der Waals surface area contributed by atoms with Crippen LogP contribution in [-0.4, -0.2) is 29.1 Å². The average Bonchev–Trinajstić information content (AvgIpc) is 2.33. The van der Waals surface area contributed by atoms with Gasteiger partial charge in [-0.2, -0.15) is 0 Å². The van der Waals surface area contributed by atoms with E-state index < -0.39 is 0 Å². The number of nitrogens with zero attached hydrogens (tertiary/aromatic N) is 1. The molecule has 0 amide bonds. The molecule has 1 heterocycles. The van der Waals surface area contributed by atoms with Gasteiger partial charge in [0.15, 0.2) is 0 Å². The highest BCUT2D eigenvalue weighted by atomic mass is 16.3. The zero-order chi connectivity index (χ0) is 12.3. The third kappa shape index (κ3) is 3.45. The van der Waals surface area contributed by atoms with E-state index in [1.165, 1.54) is 18.4 Å². The summed E-state index contributed by atoms with van der Waals surface area (Å²) in [6.45, 7) is 5.35. The van der Waals surface area contributed by atoms with Crippen molar-refractivity contribution in [3.63, 3.8) is 0 Å². The molecule has 1 unspecified atom stereocenters. The second-order valence-electron chi connectivity index (χ2n) is 5.14. The van der Waals surface area contributed by atoms with Gasteiger partial charge in [-0.25, -0.2) is 0 Å². The number of rotatable bonds is 3. The number of aromatic hydroxyl groups is 1. The Labute approximate surface area is 103 Å². The van der Waals surface area contributed by atoms with E-state index in [1.807, 2.05) is 12.1 Å². The van der Waals surface area contributed by atoms with Gasteiger partial charge in [-0.15, -0.1) is 0 Å². The highest BCUT2D eigenvalue weighted by Gasteiger charge is 2.21. The molecular weight excluding hydrogens is 212 g/mol. The molecule has 1 fully saturated rings. The smallest absolute Gasteiger partial charge is 0.115 e. The van der Waals surface area contributed by atoms with E-state index in [-0.39, 0.29) is 0 Å². The maximum atomic E-state index is 9.23. The standard InChI is InChI=1S/C14H22N2O/c1-11(15)13-6-8-16(9-7-13)10-12-2-4-14(17)5-3-12/h2-5,11,13,17H,6-10,15H2,1H3. The predicted octanol–water partition coefficient (Wildman–Crippen LogP) is 1.95. The first kappa shape index (κ1) is 12.4. The van der Waals surface area contributed by atoms with Gasteiger partial charge in [-0.1, -0.05) is 12.1 Å². The van der Waals surface area contributed by atoms with E-state index in [9.17, 15) is 5.11 Å². The third-order valence-electron chi connectivity index (χ3n) is 3.72. The van der Waals surface area contributed by atoms with E-state index in [1.54, 1.807) is 12.1 Å². The lowest BCUT2D eigenvalue weighted by Gasteiger charge is -2.33. The summed E-state index contributed by atoms with van der Waals surface area (Å²) in [4.78, 5) is 2.46. The Kier molecular flexibility index (Phi) is 4.02. The monoisotopic (exact) mass is 234 g/mol. The number of phenols is 1. The van der Waals surface area contributed by atoms with Gasteiger partial charge in [-0.05, 0) is 56.5 Å². The van der Waals surface area contributed by atoms with Crippen molar-refractivity contribution < 1.29 is 5.11 Å². The minimum absolute atomic E-state index is 0.325. The number of nitrogens with two attached hydrogens (primary N) is 1. The first-order chi connectivity index (χ1) is 8.15. The van der Waals surface area contributed by atoms with Gasteiger partial charge >= 0.3 is 0 Å². The zero-order valence-corrected chi connectivity index (χ0v) is 10.5. The van der Waals surface area contributed by atoms with Crippen molar-refractivity contribution in [3.8, 4) is 5.75 Å². The molecule has 1 aliphatic rings. The molecule has 0 aromatic heterocycles. The van der Waals surface area contributed by atoms with Gasteiger partial charge in [0.1, 0.15) is 5.75 Å². The number of likely N-dealkylation sites (tertiary alicyclic amines) is 1. The van der Waals surface area contributed by atoms with Crippen LogP contribution in [0.4, 0.5) is 0 Å². The molecule has 0 saturated carbocycles. The largest absolute Gasteiger partial charge is 0.508 e. The third-order valence-corrected chi connectivity index (χ3v) is 3.72. The van der Waals surface area contributed by atoms with Crippen LogP contribution in [0, 0.1) is 5.92 Å². The van der Waals surface area contributed by atoms with E-state index >= 15 is 0 Å². The molecule has 1 aliphatic heterocycles. The Hall–Kier alpha value is -1.06. The highest BCUT2D eigenvalue weighted by Crippen LogP contribution is 2.21. The van der Waals surface area contributed by atoms with Crippen molar-refractivity contribution in [3.05, 3.63) is 29.8 Å². The van der Waals surface area contributed by atoms with Crippen LogP contribution < -0.4 is 5.73 Å². The van der Waals surface area contributed by atoms with Crippen molar-refractivity contribution in [2.45, 2.75) is 32.4 Å². The maximum Gasteiger partial charge on any atom is 0.115 e. The van der Waals surface area contributed by atoms with Crippen LogP contribution in [0.2, 0.25) is 0 Å². The molecule has 3 nitrogen and oxygen atoms in total. The fraction of sp³-hybridized carbons (Fsp3) is 0.571. The Morgan fingerprint density at radius 1 is 1.29 bits per heavy atom. The van der Waals surface area contributed by atoms with Crippen molar-refractivity contribution in [1.29, 1.82) is 0 Å². The van der Waals surface area contributed by atoms with E-state index in [4.69, 9.17) is 5.73 Å². The van der Waals surface area contributed by atoms with E-state index in [2.05, 4.69) is 11.8 Å². The second-order valence-corrected chi connectivity index (χ2v) is 5.14. The fourth-order valence-electron chi connectivity index (χ4n) is 2.50. The average molecular weight is 234 g/mol. The second kappa shape index (κ2) is 5.52. The molecule has 17 heavy (non-hydrogen) atoms. The topological polar surface area (TPSA) is 49.5 Å². The molecular formula is C14H22N2O. The molecule has 2 rings (SSSR count). The summed E-state index contributed by atoms with van der Waals surface area (Å²) in [5.41, 5.74) is 7.20. The number of benzene rings is 1. The van der Waals surface area contributed by atoms with Gasteiger partial charge in [0.05, 0.1) is 0 Å². The molecule has 1 aromatic rings. The van der Waals surface area contributed by atoms with Crippen LogP contribution in [0.1, 0.15) is 25.3 Å². The van der Waals surface area contributed by atoms with Crippen molar-refractivity contribution in [2.75, 3.05) is 13.1 Å². The lowest BCUT2D eigenvalue weighted by molar-refractivity contribution is 0.165. The van der Waals surface area contributed by atoms with E-state index in [0.29, 0.717) is 17.7 Å². The predicted molar refractivity (Wildman–Crippen MR) is 69.8 cm³/mol. The summed E-state index contributed by atoms with van der Waals surface area (Å²) in [5, 5.41) is 9.23. The Morgan fingerprint density at radius 3 is 2.41 bits per heavy atom. The van der Waals surface area contributed by atoms with Gasteiger partial charge in [0, 0.05) is 12.6 Å². The van der Waals surface area contributed by atoms with Crippen LogP contribution in [0.5, 0.6) is 5.75 Å². The molecule has 0 radical (unpaired) electrons. The van der Waals surface area contributed by atoms with Gasteiger partial charge in [0.2, 0.25) is 0 Å². The summed E-state index contributed by atoms with van der Waals surface area (Å²) in [6, 6.07) is 7.82. The van der Waals surface area contributed by atoms with Crippen molar-refractivity contribution >= 4 is 0 Å². The molecule has 94 valence electrons. The molecule has 0 spiro atoms. The summed E-state index contributed by atoms with van der Waals surface area (Å²) < 4.78 is 0. The lowest BCUT2D eigenvalue weighted by Crippen LogP contribution is -2.39. The van der Waals surface area contributed by atoms with Gasteiger partial charge in [0.25, 0.3) is 0 Å². The molecule has 0 aliphatic carbocycles. The Morgan fingerprint density at radius 2 is 1.88 bits per heavy atom. The molecule has 1 atom stereocenters. The SMILES string of the molecule is CC(N)C1CCN(Cc2ccc(O)cc2)CC1. The first-order valence-corrected chi connectivity index (χ1v) is 6.41. The quantitative estimate of drug-likeness (QED) is 0.840. The first-order valence-electron chi connectivity index (χ1n) is 6.41. The molecule has 3 N–H and O–H groups in total. The summed E-state index contributed by atoms with van der Waals surface area (Å²) in [5.74, 6) is 1.02. The van der Waals surface area contributed by atoms with Crippen LogP contribution >= 0.6 is 0 Å². The van der Waals surface area contributed by atoms with Gasteiger partial charge in [-0.3, -0.25) is 4.90 Å². The van der Waals surface area contributed by atoms with Crippen molar-refractivity contribution in [1.82, 2.24) is 4.90 Å². The maximum absolute atomic E-state index is 9.23. The molecule has 3 heteroatoms. The van der Waals surface area contributed by atoms with Gasteiger partial charge < -0.3 is 10.8 Å². The van der Waals surface area contributed by atoms with Crippen molar-refractivity contribution in [2.24, 2.45) is 11.7 Å². The number of piperidine rings is 1. The highest BCUT2D eigenvalue weighted by molar-refractivity contribution is 5.25. The Bertz CT molecular complexity index is 340. The minimum atomic E-state index is 0.325. The minimum Gasteiger partial charge on any atom is -0.508 e. The molecule has 0 bridgehead atoms. The summed E-state index contributed by atoms with van der Waals surface area (Å²) in [6.07, 6.45) is 2.41. The summed E-state index contributed by atoms with van der Waals surface area (Å²) >= 11 is 0. The van der Waals surface area contributed by atoms with Crippen LogP contribution in [-0.2, 0) is 6.54 Å².